The van der Waals surface area contributed by atoms with E-state index in [1.165, 1.54) is 4.31 Å². The van der Waals surface area contributed by atoms with Gasteiger partial charge in [0.15, 0.2) is 0 Å². The van der Waals surface area contributed by atoms with Gasteiger partial charge >= 0.3 is 11.9 Å². The second-order valence-electron chi connectivity index (χ2n) is 7.65. The quantitative estimate of drug-likeness (QED) is 0.708. The lowest BCUT2D eigenvalue weighted by Crippen LogP contribution is -2.41. The van der Waals surface area contributed by atoms with Gasteiger partial charge in [-0.3, -0.25) is 4.79 Å². The first-order chi connectivity index (χ1) is 13.1. The van der Waals surface area contributed by atoms with Crippen LogP contribution in [0, 0.1) is 33.6 Å². The average molecular weight is 410 g/mol. The minimum atomic E-state index is -3.64. The molecule has 8 heteroatoms. The zero-order chi connectivity index (χ0) is 20.6. The number of cyclic esters (lactones) is 1. The Balaban J connectivity index is 1.71. The van der Waals surface area contributed by atoms with Crippen LogP contribution in [0.4, 0.5) is 0 Å². The van der Waals surface area contributed by atoms with Gasteiger partial charge < -0.3 is 9.47 Å². The smallest absolute Gasteiger partial charge is 0.347 e. The van der Waals surface area contributed by atoms with Gasteiger partial charge in [-0.1, -0.05) is 6.07 Å². The lowest BCUT2D eigenvalue weighted by molar-refractivity contribution is -0.164. The molecule has 2 aliphatic rings. The Hall–Kier alpha value is -1.93. The molecule has 0 unspecified atom stereocenters. The number of hydrogen-bond donors (Lipinski definition) is 0. The molecule has 0 saturated carbocycles. The van der Waals surface area contributed by atoms with Gasteiger partial charge in [-0.15, -0.1) is 0 Å². The molecule has 0 spiro atoms. The third-order valence-corrected chi connectivity index (χ3v) is 8.00. The molecule has 2 heterocycles. The number of rotatable bonds is 4. The van der Waals surface area contributed by atoms with Crippen molar-refractivity contribution in [1.82, 2.24) is 4.31 Å². The summed E-state index contributed by atoms with van der Waals surface area (Å²) < 4.78 is 38.1. The number of benzene rings is 1. The molecule has 0 amide bonds. The predicted molar refractivity (Wildman–Crippen MR) is 102 cm³/mol. The summed E-state index contributed by atoms with van der Waals surface area (Å²) >= 11 is 0. The second kappa shape index (κ2) is 7.83. The summed E-state index contributed by atoms with van der Waals surface area (Å²) in [7, 11) is -3.64. The van der Waals surface area contributed by atoms with E-state index in [0.717, 1.165) is 22.3 Å². The SMILES string of the molecule is Cc1cc(C)c(C)c(S(=O)(=O)N2CCC(C(=O)O[C@@H]3CCOC3=O)CC2)c1C. The fraction of sp³-hybridized carbons (Fsp3) is 0.600. The van der Waals surface area contributed by atoms with E-state index >= 15 is 0 Å². The Morgan fingerprint density at radius 3 is 2.14 bits per heavy atom. The number of esters is 2. The highest BCUT2D eigenvalue weighted by molar-refractivity contribution is 7.89. The molecule has 1 aromatic rings. The van der Waals surface area contributed by atoms with Crippen LogP contribution in [0.2, 0.25) is 0 Å². The molecule has 2 saturated heterocycles. The maximum atomic E-state index is 13.3. The number of carbonyl (C=O) groups excluding carboxylic acids is 2. The molecule has 0 radical (unpaired) electrons. The Morgan fingerprint density at radius 1 is 1.07 bits per heavy atom. The molecule has 28 heavy (non-hydrogen) atoms. The zero-order valence-corrected chi connectivity index (χ0v) is 17.6. The van der Waals surface area contributed by atoms with Crippen LogP contribution in [0.1, 0.15) is 41.5 Å². The van der Waals surface area contributed by atoms with Gasteiger partial charge in [0.1, 0.15) is 0 Å². The molecule has 0 aromatic heterocycles. The van der Waals surface area contributed by atoms with E-state index in [1.807, 2.05) is 33.8 Å². The van der Waals surface area contributed by atoms with E-state index in [2.05, 4.69) is 0 Å². The minimum absolute atomic E-state index is 0.253. The number of hydrogen-bond acceptors (Lipinski definition) is 6. The number of ether oxygens (including phenoxy) is 2. The average Bonchev–Trinajstić information content (AvgIpc) is 3.05. The van der Waals surface area contributed by atoms with Crippen molar-refractivity contribution in [1.29, 1.82) is 0 Å². The fourth-order valence-electron chi connectivity index (χ4n) is 3.85. The molecule has 0 bridgehead atoms. The van der Waals surface area contributed by atoms with Crippen LogP contribution in [-0.2, 0) is 29.1 Å². The molecule has 2 fully saturated rings. The summed E-state index contributed by atoms with van der Waals surface area (Å²) in [5.41, 5.74) is 3.43. The van der Waals surface area contributed by atoms with Gasteiger partial charge in [0.2, 0.25) is 16.1 Å². The lowest BCUT2D eigenvalue weighted by atomic mass is 9.98. The third-order valence-electron chi connectivity index (χ3n) is 5.83. The van der Waals surface area contributed by atoms with Crippen LogP contribution < -0.4 is 0 Å². The van der Waals surface area contributed by atoms with E-state index in [-0.39, 0.29) is 19.7 Å². The van der Waals surface area contributed by atoms with E-state index < -0.39 is 34.0 Å². The molecule has 1 atom stereocenters. The monoisotopic (exact) mass is 409 g/mol. The van der Waals surface area contributed by atoms with Gasteiger partial charge in [-0.25, -0.2) is 13.2 Å². The number of sulfonamides is 1. The highest BCUT2D eigenvalue weighted by atomic mass is 32.2. The molecule has 2 aliphatic heterocycles. The van der Waals surface area contributed by atoms with Crippen molar-refractivity contribution < 1.29 is 27.5 Å². The standard InChI is InChI=1S/C20H27NO6S/c1-12-11-13(2)15(4)18(14(12)3)28(24,25)21-8-5-16(6-9-21)19(22)27-17-7-10-26-20(17)23/h11,16-17H,5-10H2,1-4H3/t17-/m1/s1. The number of piperidine rings is 1. The topological polar surface area (TPSA) is 90.0 Å². The molecular formula is C20H27NO6S. The first-order valence-corrected chi connectivity index (χ1v) is 11.0. The lowest BCUT2D eigenvalue weighted by Gasteiger charge is -2.31. The van der Waals surface area contributed by atoms with Crippen LogP contribution >= 0.6 is 0 Å². The third kappa shape index (κ3) is 3.80. The van der Waals surface area contributed by atoms with Gasteiger partial charge in [-0.05, 0) is 62.8 Å². The summed E-state index contributed by atoms with van der Waals surface area (Å²) in [5, 5.41) is 0. The number of carbonyl (C=O) groups is 2. The summed E-state index contributed by atoms with van der Waals surface area (Å²) in [6.07, 6.45) is 0.309. The van der Waals surface area contributed by atoms with E-state index in [0.29, 0.717) is 24.2 Å². The molecule has 7 nitrogen and oxygen atoms in total. The van der Waals surface area contributed by atoms with Crippen molar-refractivity contribution in [2.45, 2.75) is 58.0 Å². The van der Waals surface area contributed by atoms with Crippen molar-refractivity contribution in [3.8, 4) is 0 Å². The molecule has 1 aromatic carbocycles. The summed E-state index contributed by atoms with van der Waals surface area (Å²) in [5.74, 6) is -1.35. The van der Waals surface area contributed by atoms with Gasteiger partial charge in [-0.2, -0.15) is 4.31 Å². The summed E-state index contributed by atoms with van der Waals surface area (Å²) in [6, 6.07) is 2.00. The molecule has 0 aliphatic carbocycles. The fourth-order valence-corrected chi connectivity index (χ4v) is 5.89. The maximum Gasteiger partial charge on any atom is 0.347 e. The van der Waals surface area contributed by atoms with Crippen LogP contribution in [0.15, 0.2) is 11.0 Å². The van der Waals surface area contributed by atoms with E-state index in [4.69, 9.17) is 9.47 Å². The Morgan fingerprint density at radius 2 is 1.64 bits per heavy atom. The minimum Gasteiger partial charge on any atom is -0.463 e. The van der Waals surface area contributed by atoms with Crippen LogP contribution in [-0.4, -0.2) is 50.5 Å². The Kier molecular flexibility index (Phi) is 5.82. The summed E-state index contributed by atoms with van der Waals surface area (Å²) in [4.78, 5) is 24.2. The summed E-state index contributed by atoms with van der Waals surface area (Å²) in [6.45, 7) is 8.27. The number of nitrogens with zero attached hydrogens (tertiary/aromatic N) is 1. The van der Waals surface area contributed by atoms with Crippen LogP contribution in [0.25, 0.3) is 0 Å². The van der Waals surface area contributed by atoms with Crippen molar-refractivity contribution in [2.75, 3.05) is 19.7 Å². The van der Waals surface area contributed by atoms with Crippen LogP contribution in [0.3, 0.4) is 0 Å². The maximum absolute atomic E-state index is 13.3. The van der Waals surface area contributed by atoms with Crippen molar-refractivity contribution >= 4 is 22.0 Å². The highest BCUT2D eigenvalue weighted by Crippen LogP contribution is 2.31. The normalized spacial score (nSPS) is 21.6. The largest absolute Gasteiger partial charge is 0.463 e. The van der Waals surface area contributed by atoms with Gasteiger partial charge in [0.25, 0.3) is 0 Å². The molecular weight excluding hydrogens is 382 g/mol. The highest BCUT2D eigenvalue weighted by Gasteiger charge is 2.37. The van der Waals surface area contributed by atoms with Crippen molar-refractivity contribution in [2.24, 2.45) is 5.92 Å². The molecule has 154 valence electrons. The van der Waals surface area contributed by atoms with Crippen molar-refractivity contribution in [3.63, 3.8) is 0 Å². The molecule has 0 N–H and O–H groups in total. The zero-order valence-electron chi connectivity index (χ0n) is 16.8. The van der Waals surface area contributed by atoms with Gasteiger partial charge in [0, 0.05) is 19.5 Å². The number of aryl methyl sites for hydroxylation is 2. The Labute approximate surface area is 166 Å². The van der Waals surface area contributed by atoms with E-state index in [1.54, 1.807) is 0 Å². The van der Waals surface area contributed by atoms with E-state index in [9.17, 15) is 18.0 Å². The first kappa shape index (κ1) is 20.8. The molecule has 3 rings (SSSR count). The van der Waals surface area contributed by atoms with Gasteiger partial charge in [0.05, 0.1) is 17.4 Å². The van der Waals surface area contributed by atoms with Crippen molar-refractivity contribution in [3.05, 3.63) is 28.3 Å². The Bertz CT molecular complexity index is 874. The first-order valence-electron chi connectivity index (χ1n) is 9.57. The second-order valence-corrected chi connectivity index (χ2v) is 9.52. The predicted octanol–water partition coefficient (Wildman–Crippen LogP) is 2.18. The van der Waals surface area contributed by atoms with Crippen LogP contribution in [0.5, 0.6) is 0 Å².